The fraction of sp³-hybridized carbons (Fsp3) is 0.632. The van der Waals surface area contributed by atoms with E-state index in [9.17, 15) is 8.42 Å². The summed E-state index contributed by atoms with van der Waals surface area (Å²) in [6, 6.07) is 9.91. The van der Waals surface area contributed by atoms with E-state index in [1.807, 2.05) is 38.1 Å². The van der Waals surface area contributed by atoms with Gasteiger partial charge in [0, 0.05) is 45.8 Å². The van der Waals surface area contributed by atoms with Crippen LogP contribution in [0.3, 0.4) is 0 Å². The van der Waals surface area contributed by atoms with Gasteiger partial charge in [0.2, 0.25) is 10.0 Å². The van der Waals surface area contributed by atoms with Crippen molar-refractivity contribution in [2.24, 2.45) is 0 Å². The molecular weight excluding hydrogens is 409 g/mol. The zero-order valence-corrected chi connectivity index (χ0v) is 18.0. The summed E-state index contributed by atoms with van der Waals surface area (Å²) in [6.45, 7) is 9.60. The third-order valence-electron chi connectivity index (χ3n) is 3.21. The smallest absolute Gasteiger partial charge is 0.212 e. The Morgan fingerprint density at radius 1 is 1.12 bits per heavy atom. The topological polar surface area (TPSA) is 61.2 Å². The monoisotopic (exact) mass is 447 g/mol. The van der Waals surface area contributed by atoms with E-state index in [1.54, 1.807) is 14.0 Å². The van der Waals surface area contributed by atoms with E-state index >= 15 is 0 Å². The molecular formula is C19H38N2O2SY. The molecule has 0 aromatic heterocycles. The first kappa shape index (κ1) is 35.8. The zero-order valence-electron chi connectivity index (χ0n) is 14.4. The second-order valence-electron chi connectivity index (χ2n) is 5.40. The van der Waals surface area contributed by atoms with Crippen molar-refractivity contribution in [2.45, 2.75) is 68.9 Å². The quantitative estimate of drug-likeness (QED) is 0.632. The molecule has 1 aromatic carbocycles. The van der Waals surface area contributed by atoms with Crippen molar-refractivity contribution < 1.29 is 41.1 Å². The van der Waals surface area contributed by atoms with Gasteiger partial charge in [-0.3, -0.25) is 0 Å². The number of nitrogens with zero attached hydrogens (tertiary/aromatic N) is 2. The van der Waals surface area contributed by atoms with Crippen LogP contribution in [-0.4, -0.2) is 31.6 Å². The second kappa shape index (κ2) is 17.2. The Morgan fingerprint density at radius 3 is 1.88 bits per heavy atom. The number of rotatable bonds is 4. The number of nitriles is 1. The Kier molecular flexibility index (Phi) is 24.5. The third kappa shape index (κ3) is 13.6. The van der Waals surface area contributed by atoms with Gasteiger partial charge in [0.05, 0.1) is 17.4 Å². The van der Waals surface area contributed by atoms with E-state index in [0.29, 0.717) is 5.92 Å². The van der Waals surface area contributed by atoms with Gasteiger partial charge in [0.15, 0.2) is 0 Å². The summed E-state index contributed by atoms with van der Waals surface area (Å²) in [6.07, 6.45) is 0. The largest absolute Gasteiger partial charge is 0.213 e. The average molecular weight is 447 g/mol. The predicted octanol–water partition coefficient (Wildman–Crippen LogP) is 5.26. The summed E-state index contributed by atoms with van der Waals surface area (Å²) >= 11 is 0. The summed E-state index contributed by atoms with van der Waals surface area (Å²) in [4.78, 5) is 0. The molecule has 4 nitrogen and oxygen atoms in total. The maximum absolute atomic E-state index is 11.1. The van der Waals surface area contributed by atoms with Crippen LogP contribution >= 0.6 is 0 Å². The molecule has 0 fully saturated rings. The van der Waals surface area contributed by atoms with Gasteiger partial charge in [-0.25, -0.2) is 12.7 Å². The first-order valence-electron chi connectivity index (χ1n) is 7.11. The molecule has 1 aromatic rings. The molecule has 0 aliphatic heterocycles. The molecule has 0 aliphatic rings. The Balaban J connectivity index is -0.0000000924. The van der Waals surface area contributed by atoms with Crippen molar-refractivity contribution in [3.63, 3.8) is 0 Å². The van der Waals surface area contributed by atoms with Crippen LogP contribution in [0.15, 0.2) is 24.3 Å². The molecule has 0 saturated heterocycles. The van der Waals surface area contributed by atoms with Crippen LogP contribution in [0.2, 0.25) is 0 Å². The molecule has 25 heavy (non-hydrogen) atoms. The molecule has 145 valence electrons. The molecule has 0 saturated carbocycles. The van der Waals surface area contributed by atoms with E-state index in [2.05, 4.69) is 19.9 Å². The summed E-state index contributed by atoms with van der Waals surface area (Å²) in [7, 11) is -1.36. The molecule has 6 heteroatoms. The Hall–Kier alpha value is -0.276. The number of benzene rings is 1. The minimum atomic E-state index is -2.96. The molecule has 0 bridgehead atoms. The van der Waals surface area contributed by atoms with E-state index in [-0.39, 0.29) is 66.8 Å². The zero-order chi connectivity index (χ0) is 16.6. The van der Waals surface area contributed by atoms with Crippen molar-refractivity contribution in [2.75, 3.05) is 12.8 Å². The second-order valence-corrected chi connectivity index (χ2v) is 7.72. The molecule has 0 unspecified atom stereocenters. The van der Waals surface area contributed by atoms with Gasteiger partial charge in [-0.2, -0.15) is 5.26 Å². The van der Waals surface area contributed by atoms with Gasteiger partial charge in [0.25, 0.3) is 0 Å². The summed E-state index contributed by atoms with van der Waals surface area (Å²) in [5.74, 6) is 0.685. The van der Waals surface area contributed by atoms with Crippen molar-refractivity contribution in [1.82, 2.24) is 4.31 Å². The van der Waals surface area contributed by atoms with Crippen LogP contribution in [0.1, 0.15) is 73.9 Å². The maximum Gasteiger partial charge on any atom is 0.213 e. The summed E-state index contributed by atoms with van der Waals surface area (Å²) in [5, 5.41) is 8.59. The summed E-state index contributed by atoms with van der Waals surface area (Å²) < 4.78 is 23.5. The fourth-order valence-corrected chi connectivity index (χ4v) is 2.54. The molecule has 0 aliphatic carbocycles. The molecule has 0 spiro atoms. The van der Waals surface area contributed by atoms with Crippen molar-refractivity contribution in [3.05, 3.63) is 35.4 Å². The molecule has 0 amide bonds. The number of hydrogen-bond acceptors (Lipinski definition) is 3. The van der Waals surface area contributed by atoms with Crippen LogP contribution in [0.4, 0.5) is 0 Å². The maximum atomic E-state index is 11.1. The van der Waals surface area contributed by atoms with Crippen molar-refractivity contribution in [1.29, 1.82) is 5.26 Å². The standard InChI is InChI=1S/C10H11N.C6H15NO2S.3CH4.Y/c1-8(2)10-5-3-4-9(6-10)7-11;1-5-10(8,9)7(4)6(2)3;;;;/h3-6,8H,1-2H3;6H,5H2,1-4H3;3*1H4;. The van der Waals surface area contributed by atoms with E-state index in [1.165, 1.54) is 9.87 Å². The van der Waals surface area contributed by atoms with Gasteiger partial charge in [-0.15, -0.1) is 0 Å². The SMILES string of the molecule is C.C.C.CC(C)c1cccc(C#N)c1.CCS(=O)(=O)N(C)C(C)C.[Y]. The van der Waals surface area contributed by atoms with Crippen LogP contribution in [-0.2, 0) is 42.7 Å². The predicted molar refractivity (Wildman–Crippen MR) is 108 cm³/mol. The van der Waals surface area contributed by atoms with Crippen molar-refractivity contribution >= 4 is 10.0 Å². The molecule has 0 heterocycles. The van der Waals surface area contributed by atoms with Crippen LogP contribution in [0.5, 0.6) is 0 Å². The number of sulfonamides is 1. The fourth-order valence-electron chi connectivity index (χ4n) is 1.49. The van der Waals surface area contributed by atoms with Crippen molar-refractivity contribution in [3.8, 4) is 6.07 Å². The third-order valence-corrected chi connectivity index (χ3v) is 5.24. The first-order chi connectivity index (χ1) is 9.65. The minimum absolute atomic E-state index is 0. The van der Waals surface area contributed by atoms with E-state index in [4.69, 9.17) is 5.26 Å². The normalized spacial score (nSPS) is 9.44. The van der Waals surface area contributed by atoms with E-state index in [0.717, 1.165) is 5.56 Å². The van der Waals surface area contributed by atoms with Gasteiger partial charge >= 0.3 is 0 Å². The number of hydrogen-bond donors (Lipinski definition) is 0. The minimum Gasteiger partial charge on any atom is -0.212 e. The first-order valence-corrected chi connectivity index (χ1v) is 8.72. The van der Waals surface area contributed by atoms with Crippen LogP contribution in [0, 0.1) is 11.3 Å². The van der Waals surface area contributed by atoms with Gasteiger partial charge in [0.1, 0.15) is 0 Å². The average Bonchev–Trinajstić information content (AvgIpc) is 2.46. The molecule has 0 atom stereocenters. The van der Waals surface area contributed by atoms with E-state index < -0.39 is 10.0 Å². The molecule has 1 radical (unpaired) electrons. The van der Waals surface area contributed by atoms with Gasteiger partial charge < -0.3 is 0 Å². The Bertz CT molecular complexity index is 579. The Labute approximate surface area is 182 Å². The van der Waals surface area contributed by atoms with Crippen LogP contribution < -0.4 is 0 Å². The molecule has 0 N–H and O–H groups in total. The van der Waals surface area contributed by atoms with Gasteiger partial charge in [-0.1, -0.05) is 48.3 Å². The summed E-state index contributed by atoms with van der Waals surface area (Å²) in [5.41, 5.74) is 1.97. The van der Waals surface area contributed by atoms with Gasteiger partial charge in [-0.05, 0) is 44.4 Å². The van der Waals surface area contributed by atoms with Crippen LogP contribution in [0.25, 0.3) is 0 Å². The Morgan fingerprint density at radius 2 is 1.60 bits per heavy atom. The molecule has 1 rings (SSSR count).